The highest BCUT2D eigenvalue weighted by Crippen LogP contribution is 2.19. The van der Waals surface area contributed by atoms with E-state index < -0.39 is 0 Å². The number of anilines is 1. The summed E-state index contributed by atoms with van der Waals surface area (Å²) in [5.74, 6) is 0.951. The summed E-state index contributed by atoms with van der Waals surface area (Å²) >= 11 is 0. The molecule has 2 aromatic carbocycles. The van der Waals surface area contributed by atoms with Crippen molar-refractivity contribution in [3.8, 4) is 0 Å². The highest BCUT2D eigenvalue weighted by atomic mass is 14.9. The van der Waals surface area contributed by atoms with Crippen LogP contribution in [0.4, 0.5) is 5.69 Å². The van der Waals surface area contributed by atoms with Gasteiger partial charge in [0, 0.05) is 12.2 Å². The Labute approximate surface area is 119 Å². The molecule has 3 heteroatoms. The van der Waals surface area contributed by atoms with Gasteiger partial charge in [-0.25, -0.2) is 4.98 Å². The van der Waals surface area contributed by atoms with E-state index in [9.17, 15) is 0 Å². The van der Waals surface area contributed by atoms with Crippen molar-refractivity contribution < 1.29 is 0 Å². The van der Waals surface area contributed by atoms with Gasteiger partial charge in [-0.15, -0.1) is 0 Å². The maximum atomic E-state index is 4.42. The standard InChI is InChI=1S/C17H19N3/c1-11-5-4-6-12(2)15(11)10-18-14-7-8-16-17(9-14)20-13(3)19-16/h4-9,18H,10H2,1-3H3,(H,19,20). The summed E-state index contributed by atoms with van der Waals surface area (Å²) in [6, 6.07) is 12.7. The van der Waals surface area contributed by atoms with Crippen molar-refractivity contribution in [1.29, 1.82) is 0 Å². The second-order valence-electron chi connectivity index (χ2n) is 5.28. The minimum atomic E-state index is 0.844. The van der Waals surface area contributed by atoms with Gasteiger partial charge in [0.15, 0.2) is 0 Å². The molecule has 0 saturated carbocycles. The number of hydrogen-bond acceptors (Lipinski definition) is 2. The van der Waals surface area contributed by atoms with Crippen LogP contribution >= 0.6 is 0 Å². The Morgan fingerprint density at radius 3 is 2.55 bits per heavy atom. The van der Waals surface area contributed by atoms with Gasteiger partial charge in [-0.1, -0.05) is 18.2 Å². The molecule has 0 saturated heterocycles. The Bertz CT molecular complexity index is 736. The van der Waals surface area contributed by atoms with Crippen LogP contribution < -0.4 is 5.32 Å². The summed E-state index contributed by atoms with van der Waals surface area (Å²) in [5.41, 5.74) is 7.23. The summed E-state index contributed by atoms with van der Waals surface area (Å²) in [6.45, 7) is 7.14. The number of aromatic nitrogens is 2. The lowest BCUT2D eigenvalue weighted by Crippen LogP contribution is -2.03. The number of nitrogens with one attached hydrogen (secondary N) is 2. The molecule has 102 valence electrons. The maximum Gasteiger partial charge on any atom is 0.104 e. The quantitative estimate of drug-likeness (QED) is 0.748. The number of nitrogens with zero attached hydrogens (tertiary/aromatic N) is 1. The van der Waals surface area contributed by atoms with Crippen molar-refractivity contribution in [3.63, 3.8) is 0 Å². The molecule has 0 aliphatic heterocycles. The van der Waals surface area contributed by atoms with Crippen LogP contribution in [0.3, 0.4) is 0 Å². The summed E-state index contributed by atoms with van der Waals surface area (Å²) in [4.78, 5) is 7.69. The van der Waals surface area contributed by atoms with E-state index in [0.29, 0.717) is 0 Å². The van der Waals surface area contributed by atoms with E-state index in [0.717, 1.165) is 29.1 Å². The molecule has 0 aliphatic carbocycles. The molecule has 3 rings (SSSR count). The van der Waals surface area contributed by atoms with Crippen LogP contribution in [0.5, 0.6) is 0 Å². The van der Waals surface area contributed by atoms with Gasteiger partial charge in [0.1, 0.15) is 5.82 Å². The predicted octanol–water partition coefficient (Wildman–Crippen LogP) is 4.10. The first-order chi connectivity index (χ1) is 9.63. The summed E-state index contributed by atoms with van der Waals surface area (Å²) in [5, 5.41) is 3.50. The first-order valence-electron chi connectivity index (χ1n) is 6.89. The van der Waals surface area contributed by atoms with Crippen molar-refractivity contribution in [2.45, 2.75) is 27.3 Å². The van der Waals surface area contributed by atoms with Gasteiger partial charge in [-0.05, 0) is 55.7 Å². The molecule has 0 fully saturated rings. The molecular formula is C17H19N3. The van der Waals surface area contributed by atoms with Gasteiger partial charge in [0.25, 0.3) is 0 Å². The van der Waals surface area contributed by atoms with E-state index in [2.05, 4.69) is 59.5 Å². The Balaban J connectivity index is 1.83. The molecular weight excluding hydrogens is 246 g/mol. The van der Waals surface area contributed by atoms with Crippen molar-refractivity contribution >= 4 is 16.7 Å². The van der Waals surface area contributed by atoms with Crippen LogP contribution in [0.15, 0.2) is 36.4 Å². The number of aryl methyl sites for hydroxylation is 3. The maximum absolute atomic E-state index is 4.42. The zero-order valence-electron chi connectivity index (χ0n) is 12.1. The molecule has 3 aromatic rings. The smallest absolute Gasteiger partial charge is 0.104 e. The average Bonchev–Trinajstić information content (AvgIpc) is 2.77. The van der Waals surface area contributed by atoms with Crippen molar-refractivity contribution in [3.05, 3.63) is 58.9 Å². The first-order valence-corrected chi connectivity index (χ1v) is 6.89. The van der Waals surface area contributed by atoms with E-state index >= 15 is 0 Å². The number of imidazole rings is 1. The van der Waals surface area contributed by atoms with Gasteiger partial charge >= 0.3 is 0 Å². The molecule has 0 atom stereocenters. The molecule has 3 nitrogen and oxygen atoms in total. The molecule has 2 N–H and O–H groups in total. The summed E-state index contributed by atoms with van der Waals surface area (Å²) in [6.07, 6.45) is 0. The van der Waals surface area contributed by atoms with E-state index in [1.54, 1.807) is 0 Å². The van der Waals surface area contributed by atoms with Gasteiger partial charge in [-0.3, -0.25) is 0 Å². The van der Waals surface area contributed by atoms with Gasteiger partial charge in [-0.2, -0.15) is 0 Å². The van der Waals surface area contributed by atoms with Gasteiger partial charge in [0.05, 0.1) is 11.0 Å². The number of benzene rings is 2. The molecule has 0 spiro atoms. The third-order valence-corrected chi connectivity index (χ3v) is 3.71. The van der Waals surface area contributed by atoms with Crippen LogP contribution in [0.2, 0.25) is 0 Å². The van der Waals surface area contributed by atoms with E-state index in [-0.39, 0.29) is 0 Å². The molecule has 1 aromatic heterocycles. The Hall–Kier alpha value is -2.29. The largest absolute Gasteiger partial charge is 0.381 e. The van der Waals surface area contributed by atoms with Gasteiger partial charge < -0.3 is 10.3 Å². The van der Waals surface area contributed by atoms with E-state index in [4.69, 9.17) is 0 Å². The van der Waals surface area contributed by atoms with Crippen LogP contribution in [0.25, 0.3) is 11.0 Å². The fourth-order valence-corrected chi connectivity index (χ4v) is 2.57. The summed E-state index contributed by atoms with van der Waals surface area (Å²) < 4.78 is 0. The fraction of sp³-hybridized carbons (Fsp3) is 0.235. The minimum absolute atomic E-state index is 0.844. The molecule has 0 bridgehead atoms. The number of H-pyrrole nitrogens is 1. The lowest BCUT2D eigenvalue weighted by molar-refractivity contribution is 1.09. The molecule has 20 heavy (non-hydrogen) atoms. The third-order valence-electron chi connectivity index (χ3n) is 3.71. The number of rotatable bonds is 3. The molecule has 1 heterocycles. The normalized spacial score (nSPS) is 10.9. The van der Waals surface area contributed by atoms with Crippen LogP contribution in [0.1, 0.15) is 22.5 Å². The Morgan fingerprint density at radius 1 is 1.05 bits per heavy atom. The summed E-state index contributed by atoms with van der Waals surface area (Å²) in [7, 11) is 0. The zero-order valence-corrected chi connectivity index (χ0v) is 12.1. The third kappa shape index (κ3) is 2.39. The number of fused-ring (bicyclic) bond motifs is 1. The van der Waals surface area contributed by atoms with Crippen LogP contribution in [0, 0.1) is 20.8 Å². The number of aromatic amines is 1. The highest BCUT2D eigenvalue weighted by Gasteiger charge is 2.04. The Morgan fingerprint density at radius 2 is 1.80 bits per heavy atom. The minimum Gasteiger partial charge on any atom is -0.381 e. The average molecular weight is 265 g/mol. The van der Waals surface area contributed by atoms with Gasteiger partial charge in [0.2, 0.25) is 0 Å². The lowest BCUT2D eigenvalue weighted by atomic mass is 10.0. The Kier molecular flexibility index (Phi) is 3.18. The molecule has 0 unspecified atom stereocenters. The zero-order chi connectivity index (χ0) is 14.1. The number of hydrogen-bond donors (Lipinski definition) is 2. The second-order valence-corrected chi connectivity index (χ2v) is 5.28. The highest BCUT2D eigenvalue weighted by molar-refractivity contribution is 5.79. The van der Waals surface area contributed by atoms with Crippen molar-refractivity contribution in [2.75, 3.05) is 5.32 Å². The van der Waals surface area contributed by atoms with Crippen molar-refractivity contribution in [1.82, 2.24) is 9.97 Å². The second kappa shape index (κ2) is 5.00. The van der Waals surface area contributed by atoms with E-state index in [1.165, 1.54) is 16.7 Å². The molecule has 0 aliphatic rings. The first kappa shape index (κ1) is 12.7. The SMILES string of the molecule is Cc1nc2ccc(NCc3c(C)cccc3C)cc2[nH]1. The fourth-order valence-electron chi connectivity index (χ4n) is 2.57. The molecule has 0 amide bonds. The monoisotopic (exact) mass is 265 g/mol. The van der Waals surface area contributed by atoms with Crippen LogP contribution in [-0.4, -0.2) is 9.97 Å². The lowest BCUT2D eigenvalue weighted by Gasteiger charge is -2.11. The topological polar surface area (TPSA) is 40.7 Å². The van der Waals surface area contributed by atoms with E-state index in [1.807, 2.05) is 13.0 Å². The predicted molar refractivity (Wildman–Crippen MR) is 84.1 cm³/mol. The van der Waals surface area contributed by atoms with Crippen LogP contribution in [-0.2, 0) is 6.54 Å². The molecule has 0 radical (unpaired) electrons. The van der Waals surface area contributed by atoms with Crippen molar-refractivity contribution in [2.24, 2.45) is 0 Å².